The molecule has 7 heteroatoms. The van der Waals surface area contributed by atoms with Gasteiger partial charge in [0.25, 0.3) is 0 Å². The fourth-order valence-corrected chi connectivity index (χ4v) is 2.36. The number of aromatic carboxylic acids is 1. The van der Waals surface area contributed by atoms with Crippen LogP contribution in [0.25, 0.3) is 0 Å². The molecule has 0 aliphatic heterocycles. The molecule has 1 aromatic rings. The highest BCUT2D eigenvalue weighted by Crippen LogP contribution is 2.33. The van der Waals surface area contributed by atoms with Crippen molar-refractivity contribution >= 4 is 15.8 Å². The van der Waals surface area contributed by atoms with Gasteiger partial charge in [0.05, 0.1) is 18.1 Å². The van der Waals surface area contributed by atoms with E-state index in [1.807, 2.05) is 0 Å². The first-order chi connectivity index (χ1) is 8.72. The standard InChI is InChI=1S/C12H16O6S/c1-4-10(13)8-5-7(19(3,16)17)6-9(12(14)15)11(8)18-2/h5-6,10,13H,4H2,1-3H3,(H,14,15). The lowest BCUT2D eigenvalue weighted by atomic mass is 10.0. The number of sulfone groups is 1. The van der Waals surface area contributed by atoms with Crippen LogP contribution in [0.5, 0.6) is 5.75 Å². The van der Waals surface area contributed by atoms with Gasteiger partial charge in [0.15, 0.2) is 9.84 Å². The number of carbonyl (C=O) groups is 1. The third-order valence-electron chi connectivity index (χ3n) is 2.70. The Balaban J connectivity index is 3.69. The Morgan fingerprint density at radius 3 is 2.37 bits per heavy atom. The van der Waals surface area contributed by atoms with E-state index in [0.717, 1.165) is 12.3 Å². The van der Waals surface area contributed by atoms with Gasteiger partial charge in [-0.05, 0) is 18.6 Å². The molecule has 106 valence electrons. The van der Waals surface area contributed by atoms with Gasteiger partial charge >= 0.3 is 5.97 Å². The lowest BCUT2D eigenvalue weighted by molar-refractivity contribution is 0.0692. The number of benzene rings is 1. The number of hydrogen-bond donors (Lipinski definition) is 2. The molecule has 0 saturated heterocycles. The number of carboxylic acids is 1. The fourth-order valence-electron chi connectivity index (χ4n) is 1.69. The van der Waals surface area contributed by atoms with Crippen molar-refractivity contribution in [2.75, 3.05) is 13.4 Å². The molecule has 0 radical (unpaired) electrons. The molecule has 1 unspecified atom stereocenters. The van der Waals surface area contributed by atoms with E-state index in [0.29, 0.717) is 6.42 Å². The SMILES string of the molecule is CCC(O)c1cc(S(C)(=O)=O)cc(C(=O)O)c1OC. The second-order valence-corrected chi connectivity index (χ2v) is 6.11. The van der Waals surface area contributed by atoms with Gasteiger partial charge in [0.2, 0.25) is 0 Å². The number of rotatable bonds is 5. The highest BCUT2D eigenvalue weighted by molar-refractivity contribution is 7.90. The molecule has 0 aliphatic carbocycles. The Kier molecular flexibility index (Phi) is 4.54. The lowest BCUT2D eigenvalue weighted by Crippen LogP contribution is -2.10. The summed E-state index contributed by atoms with van der Waals surface area (Å²) in [5.41, 5.74) is -0.127. The van der Waals surface area contributed by atoms with Crippen LogP contribution in [0.4, 0.5) is 0 Å². The van der Waals surface area contributed by atoms with E-state index in [1.54, 1.807) is 6.92 Å². The molecule has 1 rings (SSSR count). The average molecular weight is 288 g/mol. The highest BCUT2D eigenvalue weighted by Gasteiger charge is 2.23. The first kappa shape index (κ1) is 15.5. The quantitative estimate of drug-likeness (QED) is 0.845. The minimum Gasteiger partial charge on any atom is -0.495 e. The van der Waals surface area contributed by atoms with Gasteiger partial charge in [-0.2, -0.15) is 0 Å². The summed E-state index contributed by atoms with van der Waals surface area (Å²) in [5.74, 6) is -1.33. The molecule has 0 fully saturated rings. The van der Waals surface area contributed by atoms with Crippen LogP contribution in [0.2, 0.25) is 0 Å². The van der Waals surface area contributed by atoms with Crippen LogP contribution in [0.1, 0.15) is 35.4 Å². The van der Waals surface area contributed by atoms with Crippen molar-refractivity contribution < 1.29 is 28.2 Å². The topological polar surface area (TPSA) is 101 Å². The summed E-state index contributed by atoms with van der Waals surface area (Å²) in [6.07, 6.45) is 0.292. The van der Waals surface area contributed by atoms with E-state index in [1.165, 1.54) is 13.2 Å². The zero-order valence-corrected chi connectivity index (χ0v) is 11.7. The summed E-state index contributed by atoms with van der Waals surface area (Å²) in [6, 6.07) is 2.27. The van der Waals surface area contributed by atoms with Crippen molar-refractivity contribution in [3.05, 3.63) is 23.3 Å². The highest BCUT2D eigenvalue weighted by atomic mass is 32.2. The molecule has 1 atom stereocenters. The van der Waals surface area contributed by atoms with E-state index >= 15 is 0 Å². The molecule has 0 bridgehead atoms. The van der Waals surface area contributed by atoms with Crippen LogP contribution >= 0.6 is 0 Å². The van der Waals surface area contributed by atoms with Crippen molar-refractivity contribution in [1.29, 1.82) is 0 Å². The maximum absolute atomic E-state index is 11.6. The molecule has 1 aromatic carbocycles. The normalized spacial score (nSPS) is 13.1. The second-order valence-electron chi connectivity index (χ2n) is 4.09. The zero-order valence-electron chi connectivity index (χ0n) is 10.9. The van der Waals surface area contributed by atoms with Gasteiger partial charge in [-0.3, -0.25) is 0 Å². The van der Waals surface area contributed by atoms with Crippen LogP contribution in [0.3, 0.4) is 0 Å². The van der Waals surface area contributed by atoms with Gasteiger partial charge in [-0.1, -0.05) is 6.92 Å². The molecule has 0 spiro atoms. The van der Waals surface area contributed by atoms with Gasteiger partial charge in [0.1, 0.15) is 11.3 Å². The summed E-state index contributed by atoms with van der Waals surface area (Å²) in [5, 5.41) is 19.0. The number of methoxy groups -OCH3 is 1. The Bertz CT molecular complexity index is 590. The van der Waals surface area contributed by atoms with Crippen LogP contribution in [0, 0.1) is 0 Å². The smallest absolute Gasteiger partial charge is 0.339 e. The molecule has 2 N–H and O–H groups in total. The van der Waals surface area contributed by atoms with E-state index < -0.39 is 21.9 Å². The van der Waals surface area contributed by atoms with E-state index in [2.05, 4.69) is 0 Å². The van der Waals surface area contributed by atoms with Crippen molar-refractivity contribution in [2.45, 2.75) is 24.3 Å². The molecule has 19 heavy (non-hydrogen) atoms. The molecular weight excluding hydrogens is 272 g/mol. The second kappa shape index (κ2) is 5.58. The van der Waals surface area contributed by atoms with Crippen molar-refractivity contribution in [3.8, 4) is 5.75 Å². The lowest BCUT2D eigenvalue weighted by Gasteiger charge is -2.16. The first-order valence-corrected chi connectivity index (χ1v) is 7.44. The number of aliphatic hydroxyl groups is 1. The Hall–Kier alpha value is -1.60. The number of ether oxygens (including phenoxy) is 1. The summed E-state index contributed by atoms with van der Waals surface area (Å²) in [7, 11) is -2.31. The van der Waals surface area contributed by atoms with Crippen LogP contribution in [0.15, 0.2) is 17.0 Å². The maximum Gasteiger partial charge on any atom is 0.339 e. The molecular formula is C12H16O6S. The Morgan fingerprint density at radius 2 is 2.00 bits per heavy atom. The van der Waals surface area contributed by atoms with E-state index in [9.17, 15) is 18.3 Å². The van der Waals surface area contributed by atoms with E-state index in [-0.39, 0.29) is 21.8 Å². The zero-order chi connectivity index (χ0) is 14.8. The van der Waals surface area contributed by atoms with Crippen molar-refractivity contribution in [2.24, 2.45) is 0 Å². The monoisotopic (exact) mass is 288 g/mol. The van der Waals surface area contributed by atoms with Gasteiger partial charge in [0, 0.05) is 11.8 Å². The van der Waals surface area contributed by atoms with Gasteiger partial charge in [-0.25, -0.2) is 13.2 Å². The predicted octanol–water partition coefficient (Wildman–Crippen LogP) is 1.24. The molecule has 0 amide bonds. The Labute approximate surface area is 111 Å². The minimum absolute atomic E-state index is 0.0192. The molecule has 6 nitrogen and oxygen atoms in total. The van der Waals surface area contributed by atoms with Crippen molar-refractivity contribution in [1.82, 2.24) is 0 Å². The molecule has 0 aliphatic rings. The number of hydrogen-bond acceptors (Lipinski definition) is 5. The Morgan fingerprint density at radius 1 is 1.42 bits per heavy atom. The van der Waals surface area contributed by atoms with Crippen LogP contribution in [-0.2, 0) is 9.84 Å². The minimum atomic E-state index is -3.58. The summed E-state index contributed by atoms with van der Waals surface area (Å²) >= 11 is 0. The first-order valence-electron chi connectivity index (χ1n) is 5.55. The third kappa shape index (κ3) is 3.24. The van der Waals surface area contributed by atoms with Gasteiger partial charge in [-0.15, -0.1) is 0 Å². The van der Waals surface area contributed by atoms with Crippen LogP contribution < -0.4 is 4.74 Å². The van der Waals surface area contributed by atoms with E-state index in [4.69, 9.17) is 9.84 Å². The largest absolute Gasteiger partial charge is 0.495 e. The molecule has 0 heterocycles. The predicted molar refractivity (Wildman–Crippen MR) is 68.3 cm³/mol. The summed E-state index contributed by atoms with van der Waals surface area (Å²) in [4.78, 5) is 11.0. The van der Waals surface area contributed by atoms with Gasteiger partial charge < -0.3 is 14.9 Å². The number of aliphatic hydroxyl groups excluding tert-OH is 1. The third-order valence-corrected chi connectivity index (χ3v) is 3.79. The fraction of sp³-hybridized carbons (Fsp3) is 0.417. The average Bonchev–Trinajstić information content (AvgIpc) is 2.34. The van der Waals surface area contributed by atoms with Crippen LogP contribution in [-0.4, -0.2) is 38.0 Å². The number of carboxylic acid groups (broad SMARTS) is 1. The van der Waals surface area contributed by atoms with Crippen molar-refractivity contribution in [3.63, 3.8) is 0 Å². The maximum atomic E-state index is 11.6. The summed E-state index contributed by atoms with van der Waals surface area (Å²) in [6.45, 7) is 1.69. The molecule has 0 saturated carbocycles. The summed E-state index contributed by atoms with van der Waals surface area (Å²) < 4.78 is 28.1. The molecule has 0 aromatic heterocycles.